The summed E-state index contributed by atoms with van der Waals surface area (Å²) in [4.78, 5) is 24.4. The Labute approximate surface area is 122 Å². The molecule has 120 valence electrons. The van der Waals surface area contributed by atoms with Gasteiger partial charge in [0.15, 0.2) is 0 Å². The molecule has 0 aromatic heterocycles. The van der Waals surface area contributed by atoms with Crippen LogP contribution in [0.3, 0.4) is 0 Å². The number of piperidine rings is 1. The predicted molar refractivity (Wildman–Crippen MR) is 72.2 cm³/mol. The maximum absolute atomic E-state index is 13.3. The van der Waals surface area contributed by atoms with E-state index >= 15 is 0 Å². The minimum atomic E-state index is -2.60. The van der Waals surface area contributed by atoms with Crippen LogP contribution in [0.4, 0.5) is 13.6 Å². The van der Waals surface area contributed by atoms with Gasteiger partial charge in [-0.05, 0) is 31.6 Å². The van der Waals surface area contributed by atoms with Crippen LogP contribution in [0.1, 0.15) is 38.5 Å². The zero-order chi connectivity index (χ0) is 15.5. The zero-order valence-electron chi connectivity index (χ0n) is 12.0. The van der Waals surface area contributed by atoms with E-state index in [4.69, 9.17) is 5.11 Å². The number of urea groups is 1. The number of nitrogens with one attached hydrogen (secondary N) is 1. The van der Waals surface area contributed by atoms with Crippen LogP contribution < -0.4 is 5.32 Å². The van der Waals surface area contributed by atoms with Gasteiger partial charge in [0.25, 0.3) is 0 Å². The molecular weight excluding hydrogens is 282 g/mol. The van der Waals surface area contributed by atoms with Gasteiger partial charge in [-0.15, -0.1) is 0 Å². The van der Waals surface area contributed by atoms with Gasteiger partial charge < -0.3 is 15.3 Å². The van der Waals surface area contributed by atoms with Crippen LogP contribution in [0.2, 0.25) is 0 Å². The Morgan fingerprint density at radius 3 is 2.48 bits per heavy atom. The number of hydrogen-bond donors (Lipinski definition) is 2. The van der Waals surface area contributed by atoms with Gasteiger partial charge >= 0.3 is 12.0 Å². The molecule has 2 N–H and O–H groups in total. The first kappa shape index (κ1) is 16.0. The van der Waals surface area contributed by atoms with E-state index in [1.54, 1.807) is 4.90 Å². The van der Waals surface area contributed by atoms with Gasteiger partial charge in [0.1, 0.15) is 0 Å². The van der Waals surface area contributed by atoms with E-state index in [9.17, 15) is 18.4 Å². The number of hydrogen-bond acceptors (Lipinski definition) is 2. The van der Waals surface area contributed by atoms with Crippen LogP contribution in [0.5, 0.6) is 0 Å². The Balaban J connectivity index is 1.72. The molecule has 0 bridgehead atoms. The molecule has 0 aromatic rings. The fourth-order valence-corrected chi connectivity index (χ4v) is 3.12. The van der Waals surface area contributed by atoms with Crippen molar-refractivity contribution in [1.29, 1.82) is 0 Å². The van der Waals surface area contributed by atoms with E-state index in [-0.39, 0.29) is 37.3 Å². The Hall–Kier alpha value is -1.40. The fraction of sp³-hybridized carbons (Fsp3) is 0.857. The highest BCUT2D eigenvalue weighted by molar-refractivity contribution is 5.75. The maximum Gasteiger partial charge on any atom is 0.317 e. The minimum absolute atomic E-state index is 0.0554. The number of likely N-dealkylation sites (tertiary alicyclic amines) is 1. The second-order valence-electron chi connectivity index (χ2n) is 6.10. The van der Waals surface area contributed by atoms with Gasteiger partial charge in [-0.3, -0.25) is 4.79 Å². The maximum atomic E-state index is 13.3. The monoisotopic (exact) mass is 304 g/mol. The number of carboxylic acid groups (broad SMARTS) is 1. The molecule has 1 atom stereocenters. The number of carbonyl (C=O) groups is 2. The summed E-state index contributed by atoms with van der Waals surface area (Å²) in [7, 11) is 0. The highest BCUT2D eigenvalue weighted by atomic mass is 19.3. The summed E-state index contributed by atoms with van der Waals surface area (Å²) in [5.41, 5.74) is 0. The van der Waals surface area contributed by atoms with Crippen molar-refractivity contribution in [2.45, 2.75) is 44.4 Å². The molecule has 0 radical (unpaired) electrons. The summed E-state index contributed by atoms with van der Waals surface area (Å²) in [5.74, 6) is -3.98. The first-order chi connectivity index (χ1) is 9.87. The molecule has 21 heavy (non-hydrogen) atoms. The van der Waals surface area contributed by atoms with Crippen molar-refractivity contribution in [3.05, 3.63) is 0 Å². The average Bonchev–Trinajstić information content (AvgIpc) is 2.44. The molecule has 2 amide bonds. The summed E-state index contributed by atoms with van der Waals surface area (Å²) < 4.78 is 26.5. The lowest BCUT2D eigenvalue weighted by Gasteiger charge is -2.32. The largest absolute Gasteiger partial charge is 0.481 e. The lowest BCUT2D eigenvalue weighted by Crippen LogP contribution is -2.47. The Morgan fingerprint density at radius 1 is 1.24 bits per heavy atom. The van der Waals surface area contributed by atoms with Crippen molar-refractivity contribution in [3.8, 4) is 0 Å². The summed E-state index contributed by atoms with van der Waals surface area (Å²) in [5, 5.41) is 11.6. The normalized spacial score (nSPS) is 26.4. The SMILES string of the molecule is O=C(O)C1CCN(C(=O)NCC2CCCC(F)(F)C2)CC1. The second-order valence-corrected chi connectivity index (χ2v) is 6.10. The highest BCUT2D eigenvalue weighted by Crippen LogP contribution is 2.36. The molecule has 0 aromatic carbocycles. The van der Waals surface area contributed by atoms with Crippen LogP contribution in [0, 0.1) is 11.8 Å². The number of carbonyl (C=O) groups excluding carboxylic acids is 1. The molecule has 1 unspecified atom stereocenters. The van der Waals surface area contributed by atoms with E-state index in [0.29, 0.717) is 32.4 Å². The molecule has 1 aliphatic heterocycles. The quantitative estimate of drug-likeness (QED) is 0.840. The van der Waals surface area contributed by atoms with Crippen molar-refractivity contribution >= 4 is 12.0 Å². The Morgan fingerprint density at radius 2 is 1.90 bits per heavy atom. The summed E-state index contributed by atoms with van der Waals surface area (Å²) in [6.45, 7) is 1.08. The van der Waals surface area contributed by atoms with Crippen LogP contribution >= 0.6 is 0 Å². The van der Waals surface area contributed by atoms with Gasteiger partial charge in [-0.25, -0.2) is 13.6 Å². The molecule has 2 aliphatic rings. The van der Waals surface area contributed by atoms with Gasteiger partial charge in [0, 0.05) is 32.5 Å². The van der Waals surface area contributed by atoms with E-state index in [1.165, 1.54) is 0 Å². The molecule has 0 spiro atoms. The number of nitrogens with zero attached hydrogens (tertiary/aromatic N) is 1. The minimum Gasteiger partial charge on any atom is -0.481 e. The van der Waals surface area contributed by atoms with Crippen LogP contribution in [0.25, 0.3) is 0 Å². The topological polar surface area (TPSA) is 69.6 Å². The van der Waals surface area contributed by atoms with Crippen LogP contribution in [0.15, 0.2) is 0 Å². The lowest BCUT2D eigenvalue weighted by molar-refractivity contribution is -0.143. The van der Waals surface area contributed by atoms with Crippen LogP contribution in [-0.4, -0.2) is 47.6 Å². The molecule has 2 rings (SSSR count). The van der Waals surface area contributed by atoms with E-state index in [2.05, 4.69) is 5.32 Å². The number of aliphatic carboxylic acids is 1. The molecule has 1 saturated carbocycles. The van der Waals surface area contributed by atoms with Gasteiger partial charge in [0.05, 0.1) is 5.92 Å². The van der Waals surface area contributed by atoms with Crippen molar-refractivity contribution < 1.29 is 23.5 Å². The van der Waals surface area contributed by atoms with Crippen molar-refractivity contribution in [2.24, 2.45) is 11.8 Å². The second kappa shape index (κ2) is 6.58. The van der Waals surface area contributed by atoms with Crippen molar-refractivity contribution in [1.82, 2.24) is 10.2 Å². The standard InChI is InChI=1S/C14H22F2N2O3/c15-14(16)5-1-2-10(8-14)9-17-13(21)18-6-3-11(4-7-18)12(19)20/h10-11H,1-9H2,(H,17,21)(H,19,20). The number of halogens is 2. The summed E-state index contributed by atoms with van der Waals surface area (Å²) >= 11 is 0. The summed E-state index contributed by atoms with van der Waals surface area (Å²) in [6, 6.07) is -0.271. The molecule has 7 heteroatoms. The molecule has 1 aliphatic carbocycles. The third-order valence-electron chi connectivity index (χ3n) is 4.42. The van der Waals surface area contributed by atoms with Crippen molar-refractivity contribution in [2.75, 3.05) is 19.6 Å². The van der Waals surface area contributed by atoms with Gasteiger partial charge in [-0.2, -0.15) is 0 Å². The molecule has 5 nitrogen and oxygen atoms in total. The Bertz CT molecular complexity index is 396. The molecule has 2 fully saturated rings. The summed E-state index contributed by atoms with van der Waals surface area (Å²) in [6.07, 6.45) is 1.90. The van der Waals surface area contributed by atoms with E-state index < -0.39 is 11.9 Å². The smallest absolute Gasteiger partial charge is 0.317 e. The Kier molecular flexibility index (Phi) is 5.00. The van der Waals surface area contributed by atoms with Gasteiger partial charge in [-0.1, -0.05) is 0 Å². The first-order valence-electron chi connectivity index (χ1n) is 7.51. The number of rotatable bonds is 3. The average molecular weight is 304 g/mol. The molecular formula is C14H22F2N2O3. The lowest BCUT2D eigenvalue weighted by atomic mass is 9.86. The van der Waals surface area contributed by atoms with Gasteiger partial charge in [0.2, 0.25) is 5.92 Å². The first-order valence-corrected chi connectivity index (χ1v) is 7.51. The van der Waals surface area contributed by atoms with E-state index in [0.717, 1.165) is 6.42 Å². The number of alkyl halides is 2. The third-order valence-corrected chi connectivity index (χ3v) is 4.42. The highest BCUT2D eigenvalue weighted by Gasteiger charge is 2.36. The zero-order valence-corrected chi connectivity index (χ0v) is 12.0. The molecule has 1 heterocycles. The number of amides is 2. The fourth-order valence-electron chi connectivity index (χ4n) is 3.12. The van der Waals surface area contributed by atoms with E-state index in [1.807, 2.05) is 0 Å². The van der Waals surface area contributed by atoms with Crippen LogP contribution in [-0.2, 0) is 4.79 Å². The molecule has 1 saturated heterocycles. The van der Waals surface area contributed by atoms with Crippen molar-refractivity contribution in [3.63, 3.8) is 0 Å². The third kappa shape index (κ3) is 4.54. The predicted octanol–water partition coefficient (Wildman–Crippen LogP) is 2.32. The number of carboxylic acids is 1.